The van der Waals surface area contributed by atoms with Crippen LogP contribution in [0.5, 0.6) is 5.75 Å². The lowest BCUT2D eigenvalue weighted by atomic mass is 10.1. The smallest absolute Gasteiger partial charge is 0.236 e. The van der Waals surface area contributed by atoms with Crippen molar-refractivity contribution in [3.8, 4) is 17.0 Å². The number of aromatic nitrogens is 4. The zero-order valence-electron chi connectivity index (χ0n) is 28.4. The maximum atomic E-state index is 12.0. The van der Waals surface area contributed by atoms with Crippen LogP contribution < -0.4 is 31.9 Å². The number of aromatic hydroxyl groups is 1. The number of rotatable bonds is 7. The molecule has 4 unspecified atom stereocenters. The van der Waals surface area contributed by atoms with Gasteiger partial charge >= 0.3 is 0 Å². The minimum Gasteiger partial charge on any atom is -0.507 e. The minimum atomic E-state index is -0.183. The molecular weight excluding hydrogens is 636 g/mol. The second kappa shape index (κ2) is 16.1. The van der Waals surface area contributed by atoms with Crippen LogP contribution in [0.25, 0.3) is 11.3 Å². The summed E-state index contributed by atoms with van der Waals surface area (Å²) in [7, 11) is 3.31. The Labute approximate surface area is 286 Å². The first-order chi connectivity index (χ1) is 22.9. The summed E-state index contributed by atoms with van der Waals surface area (Å²) in [5, 5.41) is 31.6. The van der Waals surface area contributed by atoms with Crippen molar-refractivity contribution in [3.05, 3.63) is 41.6 Å². The predicted octanol–water partition coefficient (Wildman–Crippen LogP) is 1.43. The van der Waals surface area contributed by atoms with Gasteiger partial charge in [-0.3, -0.25) is 19.4 Å². The standard InChI is InChI=1S/C19H26N6O2.C13H21ClN6O/c1-12-11-24(8-9-25(12)13(2)19(27)21-3)16-10-15(22-23-18(16)20)14-6-4-5-7-17(14)26;1-8-7-19(10-6-11(14)17-18-12(10)15)4-5-20(8)9(2)13(21)16-3/h4-7,10,12-13,26H,8-9,11H2,1-3H3,(H2,20,23)(H,21,27);6,8-9H,4-5,7H2,1-3H3,(H2,15,18)(H,16,21). The van der Waals surface area contributed by atoms with E-state index in [-0.39, 0.29) is 41.7 Å². The van der Waals surface area contributed by atoms with E-state index < -0.39 is 0 Å². The monoisotopic (exact) mass is 682 g/mol. The molecule has 0 aliphatic carbocycles. The summed E-state index contributed by atoms with van der Waals surface area (Å²) in [5.74, 6) is 0.930. The van der Waals surface area contributed by atoms with Crippen molar-refractivity contribution in [2.75, 3.05) is 74.6 Å². The third-order valence-electron chi connectivity index (χ3n) is 9.04. The summed E-state index contributed by atoms with van der Waals surface area (Å²) in [4.78, 5) is 32.4. The Morgan fingerprint density at radius 3 is 1.77 bits per heavy atom. The Hall–Kier alpha value is -4.47. The van der Waals surface area contributed by atoms with Gasteiger partial charge in [-0.05, 0) is 45.9 Å². The number of carbonyl (C=O) groups is 2. The molecule has 3 aromatic rings. The van der Waals surface area contributed by atoms with Gasteiger partial charge in [0.1, 0.15) is 5.75 Å². The molecule has 7 N–H and O–H groups in total. The number of anilines is 4. The number of phenolic OH excluding ortho intramolecular Hbond substituents is 1. The number of halogens is 1. The van der Waals surface area contributed by atoms with Crippen LogP contribution in [0.1, 0.15) is 27.7 Å². The van der Waals surface area contributed by atoms with Crippen molar-refractivity contribution in [1.82, 2.24) is 40.8 Å². The predicted molar refractivity (Wildman–Crippen MR) is 189 cm³/mol. The number of likely N-dealkylation sites (N-methyl/N-ethyl adjacent to an activating group) is 2. The van der Waals surface area contributed by atoms with Gasteiger partial charge < -0.3 is 37.0 Å². The Morgan fingerprint density at radius 1 is 0.812 bits per heavy atom. The zero-order valence-corrected chi connectivity index (χ0v) is 29.1. The molecule has 2 saturated heterocycles. The van der Waals surface area contributed by atoms with Crippen LogP contribution in [0, 0.1) is 0 Å². The largest absolute Gasteiger partial charge is 0.507 e. The van der Waals surface area contributed by atoms with E-state index in [9.17, 15) is 14.7 Å². The lowest BCUT2D eigenvalue weighted by Gasteiger charge is -2.43. The average Bonchev–Trinajstić information content (AvgIpc) is 3.08. The average molecular weight is 683 g/mol. The molecular formula is C32H47ClN12O3. The molecule has 5 rings (SSSR count). The summed E-state index contributed by atoms with van der Waals surface area (Å²) < 4.78 is 0. The quantitative estimate of drug-likeness (QED) is 0.240. The molecule has 2 aromatic heterocycles. The van der Waals surface area contributed by atoms with Crippen LogP contribution in [-0.4, -0.2) is 125 Å². The fraction of sp³-hybridized carbons (Fsp3) is 0.500. The lowest BCUT2D eigenvalue weighted by molar-refractivity contribution is -0.127. The molecule has 16 heteroatoms. The molecule has 2 aliphatic rings. The minimum absolute atomic E-state index is 0.0160. The SMILES string of the molecule is CNC(=O)C(C)N1CCN(c2cc(-c3ccccc3O)nnc2N)CC1C.CNC(=O)C(C)N1CCN(c2cc(Cl)nnc2N)CC1C. The summed E-state index contributed by atoms with van der Waals surface area (Å²) in [6.45, 7) is 12.5. The Morgan fingerprint density at radius 2 is 1.29 bits per heavy atom. The van der Waals surface area contributed by atoms with Crippen molar-refractivity contribution < 1.29 is 14.7 Å². The van der Waals surface area contributed by atoms with Crippen LogP contribution in [-0.2, 0) is 9.59 Å². The van der Waals surface area contributed by atoms with Gasteiger partial charge in [-0.15, -0.1) is 20.4 Å². The number of phenols is 1. The van der Waals surface area contributed by atoms with Crippen LogP contribution in [0.4, 0.5) is 23.0 Å². The first kappa shape index (κ1) is 36.4. The Balaban J connectivity index is 0.000000224. The maximum Gasteiger partial charge on any atom is 0.236 e. The van der Waals surface area contributed by atoms with E-state index in [0.717, 1.165) is 50.6 Å². The molecule has 48 heavy (non-hydrogen) atoms. The first-order valence-corrected chi connectivity index (χ1v) is 16.4. The van der Waals surface area contributed by atoms with Gasteiger partial charge in [0.2, 0.25) is 11.8 Å². The van der Waals surface area contributed by atoms with Crippen molar-refractivity contribution in [1.29, 1.82) is 0 Å². The fourth-order valence-electron chi connectivity index (χ4n) is 6.34. The highest BCUT2D eigenvalue weighted by molar-refractivity contribution is 6.29. The van der Waals surface area contributed by atoms with Crippen LogP contribution in [0.15, 0.2) is 36.4 Å². The topological polar surface area (TPSA) is 195 Å². The second-order valence-electron chi connectivity index (χ2n) is 12.1. The van der Waals surface area contributed by atoms with Gasteiger partial charge in [0.15, 0.2) is 16.8 Å². The van der Waals surface area contributed by atoms with Crippen LogP contribution >= 0.6 is 11.6 Å². The van der Waals surface area contributed by atoms with E-state index in [1.165, 1.54) is 0 Å². The number of para-hydroxylation sites is 1. The van der Waals surface area contributed by atoms with Crippen molar-refractivity contribution in [2.24, 2.45) is 0 Å². The molecule has 0 saturated carbocycles. The number of nitrogens with one attached hydrogen (secondary N) is 2. The molecule has 0 spiro atoms. The Bertz CT molecular complexity index is 1580. The van der Waals surface area contributed by atoms with E-state index in [0.29, 0.717) is 28.0 Å². The van der Waals surface area contributed by atoms with E-state index in [4.69, 9.17) is 23.1 Å². The van der Waals surface area contributed by atoms with E-state index >= 15 is 0 Å². The molecule has 4 heterocycles. The highest BCUT2D eigenvalue weighted by Crippen LogP contribution is 2.32. The molecule has 2 amide bonds. The summed E-state index contributed by atoms with van der Waals surface area (Å²) in [6.07, 6.45) is 0. The third kappa shape index (κ3) is 8.32. The number of nitrogens with two attached hydrogens (primary N) is 2. The number of hydrogen-bond donors (Lipinski definition) is 5. The zero-order chi connectivity index (χ0) is 35.1. The lowest BCUT2D eigenvalue weighted by Crippen LogP contribution is -2.58. The molecule has 0 bridgehead atoms. The fourth-order valence-corrected chi connectivity index (χ4v) is 6.48. The molecule has 2 aliphatic heterocycles. The van der Waals surface area contributed by atoms with Gasteiger partial charge in [0.25, 0.3) is 0 Å². The van der Waals surface area contributed by atoms with Crippen LogP contribution in [0.3, 0.4) is 0 Å². The summed E-state index contributed by atoms with van der Waals surface area (Å²) >= 11 is 5.89. The number of hydrogen-bond acceptors (Lipinski definition) is 13. The van der Waals surface area contributed by atoms with Gasteiger partial charge in [0, 0.05) is 77.1 Å². The van der Waals surface area contributed by atoms with Gasteiger partial charge in [-0.25, -0.2) is 0 Å². The Kier molecular flexibility index (Phi) is 12.2. The van der Waals surface area contributed by atoms with E-state index in [1.54, 1.807) is 38.4 Å². The van der Waals surface area contributed by atoms with Crippen molar-refractivity contribution >= 4 is 46.4 Å². The van der Waals surface area contributed by atoms with E-state index in [2.05, 4.69) is 64.5 Å². The van der Waals surface area contributed by atoms with Gasteiger partial charge in [-0.2, -0.15) is 0 Å². The molecule has 260 valence electrons. The normalized spacial score (nSPS) is 19.9. The van der Waals surface area contributed by atoms with Gasteiger partial charge in [0.05, 0.1) is 29.2 Å². The number of benzene rings is 1. The molecule has 2 fully saturated rings. The summed E-state index contributed by atoms with van der Waals surface area (Å²) in [5.41, 5.74) is 14.8. The van der Waals surface area contributed by atoms with Gasteiger partial charge in [-0.1, -0.05) is 23.7 Å². The van der Waals surface area contributed by atoms with E-state index in [1.807, 2.05) is 26.0 Å². The number of amides is 2. The number of nitrogen functional groups attached to an aromatic ring is 2. The van der Waals surface area contributed by atoms with Crippen molar-refractivity contribution in [3.63, 3.8) is 0 Å². The maximum absolute atomic E-state index is 12.0. The molecule has 1 aromatic carbocycles. The van der Waals surface area contributed by atoms with Crippen LogP contribution in [0.2, 0.25) is 5.15 Å². The highest BCUT2D eigenvalue weighted by Gasteiger charge is 2.32. The number of piperazine rings is 2. The first-order valence-electron chi connectivity index (χ1n) is 16.0. The van der Waals surface area contributed by atoms with Crippen molar-refractivity contribution in [2.45, 2.75) is 51.9 Å². The molecule has 15 nitrogen and oxygen atoms in total. The highest BCUT2D eigenvalue weighted by atomic mass is 35.5. The molecule has 4 atom stereocenters. The second-order valence-corrected chi connectivity index (χ2v) is 12.5. The molecule has 0 radical (unpaired) electrons. The number of nitrogens with zero attached hydrogens (tertiary/aromatic N) is 8. The third-order valence-corrected chi connectivity index (χ3v) is 9.22. The number of carbonyl (C=O) groups excluding carboxylic acids is 2. The summed E-state index contributed by atoms with van der Waals surface area (Å²) in [6, 6.07) is 10.7.